The minimum absolute atomic E-state index is 0.00472. The molecule has 6 heteroatoms. The van der Waals surface area contributed by atoms with E-state index in [4.69, 9.17) is 4.74 Å². The summed E-state index contributed by atoms with van der Waals surface area (Å²) in [5.41, 5.74) is 0. The lowest BCUT2D eigenvalue weighted by Gasteiger charge is -2.20. The summed E-state index contributed by atoms with van der Waals surface area (Å²) in [7, 11) is 0. The Labute approximate surface area is 398 Å². The zero-order valence-corrected chi connectivity index (χ0v) is 42.8. The molecule has 0 rings (SSSR count). The third kappa shape index (κ3) is 49.5. The average molecular weight is 901 g/mol. The maximum absolute atomic E-state index is 12.4. The summed E-state index contributed by atoms with van der Waals surface area (Å²) in [6.07, 6.45) is 65.9. The van der Waals surface area contributed by atoms with Crippen LogP contribution in [0.15, 0.2) is 36.5 Å². The predicted octanol–water partition coefficient (Wildman–Crippen LogP) is 17.2. The van der Waals surface area contributed by atoms with Crippen LogP contribution in [0, 0.1) is 0 Å². The van der Waals surface area contributed by atoms with Crippen molar-refractivity contribution in [2.24, 2.45) is 0 Å². The molecule has 1 amide bonds. The van der Waals surface area contributed by atoms with Crippen molar-refractivity contribution in [2.45, 2.75) is 309 Å². The molecule has 0 fully saturated rings. The molecule has 0 heterocycles. The van der Waals surface area contributed by atoms with E-state index in [0.29, 0.717) is 19.4 Å². The Hall–Kier alpha value is -1.92. The van der Waals surface area contributed by atoms with Crippen molar-refractivity contribution in [3.05, 3.63) is 36.5 Å². The largest absolute Gasteiger partial charge is 0.466 e. The molecule has 0 aliphatic rings. The minimum Gasteiger partial charge on any atom is -0.466 e. The van der Waals surface area contributed by atoms with Crippen molar-refractivity contribution in [2.75, 3.05) is 13.2 Å². The lowest BCUT2D eigenvalue weighted by Crippen LogP contribution is -2.45. The van der Waals surface area contributed by atoms with Gasteiger partial charge in [-0.3, -0.25) is 9.59 Å². The molecule has 0 radical (unpaired) electrons. The molecule has 2 unspecified atom stereocenters. The van der Waals surface area contributed by atoms with Gasteiger partial charge in [0, 0.05) is 12.8 Å². The number of rotatable bonds is 52. The maximum atomic E-state index is 12.4. The van der Waals surface area contributed by atoms with Crippen LogP contribution in [0.25, 0.3) is 0 Å². The lowest BCUT2D eigenvalue weighted by molar-refractivity contribution is -0.143. The molecule has 0 aromatic carbocycles. The van der Waals surface area contributed by atoms with Crippen LogP contribution >= 0.6 is 0 Å². The molecule has 0 saturated carbocycles. The van der Waals surface area contributed by atoms with Crippen LogP contribution in [0.4, 0.5) is 0 Å². The minimum atomic E-state index is -0.854. The molecule has 2 atom stereocenters. The van der Waals surface area contributed by atoms with Gasteiger partial charge < -0.3 is 20.3 Å². The number of hydrogen-bond donors (Lipinski definition) is 3. The van der Waals surface area contributed by atoms with Gasteiger partial charge >= 0.3 is 5.97 Å². The summed E-state index contributed by atoms with van der Waals surface area (Å²) in [6.45, 7) is 4.87. The number of esters is 1. The highest BCUT2D eigenvalue weighted by Gasteiger charge is 2.18. The third-order valence-electron chi connectivity index (χ3n) is 12.9. The summed E-state index contributed by atoms with van der Waals surface area (Å²) in [6, 6.07) is -0.639. The smallest absolute Gasteiger partial charge is 0.305 e. The number of hydrogen-bond acceptors (Lipinski definition) is 5. The zero-order valence-electron chi connectivity index (χ0n) is 42.8. The van der Waals surface area contributed by atoms with E-state index >= 15 is 0 Å². The van der Waals surface area contributed by atoms with Crippen LogP contribution < -0.4 is 5.32 Å². The van der Waals surface area contributed by atoms with Crippen LogP contribution in [0.3, 0.4) is 0 Å². The number of nitrogens with one attached hydrogen (secondary N) is 1. The second-order valence-corrected chi connectivity index (χ2v) is 19.3. The average Bonchev–Trinajstić information content (AvgIpc) is 3.29. The number of allylic oxidation sites excluding steroid dienone is 5. The van der Waals surface area contributed by atoms with E-state index in [1.54, 1.807) is 6.08 Å². The highest BCUT2D eigenvalue weighted by molar-refractivity contribution is 5.76. The van der Waals surface area contributed by atoms with Gasteiger partial charge in [0.2, 0.25) is 5.91 Å². The van der Waals surface area contributed by atoms with E-state index in [9.17, 15) is 19.8 Å². The Morgan fingerprint density at radius 3 is 1.11 bits per heavy atom. The summed E-state index contributed by atoms with van der Waals surface area (Å²) in [5.74, 6) is -0.0908. The van der Waals surface area contributed by atoms with Crippen LogP contribution in [0.5, 0.6) is 0 Å². The maximum Gasteiger partial charge on any atom is 0.305 e. The number of amides is 1. The molecule has 3 N–H and O–H groups in total. The van der Waals surface area contributed by atoms with Gasteiger partial charge in [-0.1, -0.05) is 237 Å². The lowest BCUT2D eigenvalue weighted by atomic mass is 10.1. The van der Waals surface area contributed by atoms with E-state index in [-0.39, 0.29) is 18.5 Å². The molecule has 0 aromatic rings. The topological polar surface area (TPSA) is 95.9 Å². The van der Waals surface area contributed by atoms with Gasteiger partial charge in [0.25, 0.3) is 0 Å². The Balaban J connectivity index is 3.46. The monoisotopic (exact) mass is 900 g/mol. The Morgan fingerprint density at radius 1 is 0.422 bits per heavy atom. The molecule has 0 aliphatic heterocycles. The van der Waals surface area contributed by atoms with Crippen molar-refractivity contribution < 1.29 is 24.5 Å². The number of carbonyl (C=O) groups is 2. The Bertz CT molecular complexity index is 1040. The van der Waals surface area contributed by atoms with E-state index < -0.39 is 12.1 Å². The fourth-order valence-electron chi connectivity index (χ4n) is 8.50. The van der Waals surface area contributed by atoms with Crippen molar-refractivity contribution >= 4 is 11.9 Å². The first-order valence-corrected chi connectivity index (χ1v) is 28.3. The fraction of sp³-hybridized carbons (Fsp3) is 0.862. The molecule has 6 nitrogen and oxygen atoms in total. The van der Waals surface area contributed by atoms with Crippen molar-refractivity contribution in [1.29, 1.82) is 0 Å². The molecular formula is C58H109NO5. The molecule has 376 valence electrons. The van der Waals surface area contributed by atoms with Gasteiger partial charge in [0.05, 0.1) is 25.4 Å². The van der Waals surface area contributed by atoms with E-state index in [0.717, 1.165) is 64.2 Å². The van der Waals surface area contributed by atoms with Gasteiger partial charge in [-0.15, -0.1) is 0 Å². The first-order valence-electron chi connectivity index (χ1n) is 28.3. The van der Waals surface area contributed by atoms with Crippen molar-refractivity contribution in [3.63, 3.8) is 0 Å². The molecule has 0 aromatic heterocycles. The van der Waals surface area contributed by atoms with Crippen LogP contribution in [-0.2, 0) is 14.3 Å². The van der Waals surface area contributed by atoms with Gasteiger partial charge in [-0.25, -0.2) is 0 Å². The normalized spacial score (nSPS) is 12.9. The highest BCUT2D eigenvalue weighted by atomic mass is 16.5. The molecule has 0 bridgehead atoms. The Kier molecular flexibility index (Phi) is 52.1. The fourth-order valence-corrected chi connectivity index (χ4v) is 8.50. The zero-order chi connectivity index (χ0) is 46.5. The van der Waals surface area contributed by atoms with Gasteiger partial charge in [-0.05, 0) is 83.5 Å². The summed E-state index contributed by atoms with van der Waals surface area (Å²) in [5, 5.41) is 23.0. The molecule has 64 heavy (non-hydrogen) atoms. The second kappa shape index (κ2) is 53.7. The van der Waals surface area contributed by atoms with E-state index in [2.05, 4.69) is 43.5 Å². The molecular weight excluding hydrogens is 791 g/mol. The molecule has 0 aliphatic carbocycles. The van der Waals surface area contributed by atoms with Gasteiger partial charge in [0.15, 0.2) is 0 Å². The van der Waals surface area contributed by atoms with Crippen molar-refractivity contribution in [1.82, 2.24) is 5.32 Å². The molecule has 0 spiro atoms. The van der Waals surface area contributed by atoms with Crippen molar-refractivity contribution in [3.8, 4) is 0 Å². The first kappa shape index (κ1) is 62.1. The van der Waals surface area contributed by atoms with Crippen LogP contribution in [0.2, 0.25) is 0 Å². The number of aliphatic hydroxyl groups is 2. The summed E-state index contributed by atoms with van der Waals surface area (Å²) >= 11 is 0. The Morgan fingerprint density at radius 2 is 0.734 bits per heavy atom. The number of ether oxygens (including phenoxy) is 1. The number of unbranched alkanes of at least 4 members (excludes halogenated alkanes) is 37. The van der Waals surface area contributed by atoms with E-state index in [1.807, 2.05) is 6.08 Å². The summed E-state index contributed by atoms with van der Waals surface area (Å²) in [4.78, 5) is 24.5. The number of carbonyl (C=O) groups excluding carboxylic acids is 2. The van der Waals surface area contributed by atoms with Gasteiger partial charge in [-0.2, -0.15) is 0 Å². The quantitative estimate of drug-likeness (QED) is 0.0321. The second-order valence-electron chi connectivity index (χ2n) is 19.3. The molecule has 0 saturated heterocycles. The van der Waals surface area contributed by atoms with Crippen LogP contribution in [0.1, 0.15) is 296 Å². The predicted molar refractivity (Wildman–Crippen MR) is 278 cm³/mol. The van der Waals surface area contributed by atoms with Crippen LogP contribution in [-0.4, -0.2) is 47.4 Å². The SMILES string of the molecule is CCCCCCCC/C=C\CCCCCCCCCCCC(=O)OCCCCCCCCC/C=C\CCCCCCCC(=O)NC(CO)C(O)/C=C/CCCCCCCCCCCC. The summed E-state index contributed by atoms with van der Waals surface area (Å²) < 4.78 is 5.48. The third-order valence-corrected chi connectivity index (χ3v) is 12.9. The highest BCUT2D eigenvalue weighted by Crippen LogP contribution is 2.15. The first-order chi connectivity index (χ1) is 31.5. The standard InChI is InChI=1S/C58H109NO5/c1-3-5-7-9-11-13-15-17-18-19-20-21-25-28-32-36-40-44-48-52-58(63)64-53-49-45-41-37-33-29-26-23-22-24-27-31-35-39-43-47-51-57(62)59-55(54-60)56(61)50-46-42-38-34-30-16-14-12-10-8-6-4-2/h17-18,22,24,46,50,55-56,60-61H,3-16,19-21,23,25-45,47-49,51-54H2,1-2H3,(H,59,62)/b18-17-,24-22-,50-46+. The number of aliphatic hydroxyl groups excluding tert-OH is 2. The van der Waals surface area contributed by atoms with Gasteiger partial charge in [0.1, 0.15) is 0 Å². The van der Waals surface area contributed by atoms with E-state index in [1.165, 1.54) is 205 Å².